The van der Waals surface area contributed by atoms with E-state index in [1.165, 1.54) is 6.92 Å². The van der Waals surface area contributed by atoms with Crippen molar-refractivity contribution in [2.45, 2.75) is 39.7 Å². The second-order valence-corrected chi connectivity index (χ2v) is 4.83. The molecule has 0 saturated carbocycles. The van der Waals surface area contributed by atoms with E-state index >= 15 is 0 Å². The van der Waals surface area contributed by atoms with Crippen molar-refractivity contribution in [2.24, 2.45) is 0 Å². The Morgan fingerprint density at radius 3 is 2.55 bits per heavy atom. The van der Waals surface area contributed by atoms with Crippen LogP contribution in [0, 0.1) is 0 Å². The van der Waals surface area contributed by atoms with Gasteiger partial charge in [0.25, 0.3) is 5.91 Å². The minimum atomic E-state index is -1.09. The SMILES string of the molecule is CCCCOc1ccc(C(=O)N[C@H](C)C(=O)O)cc1OCC. The lowest BCUT2D eigenvalue weighted by atomic mass is 10.1. The summed E-state index contributed by atoms with van der Waals surface area (Å²) in [4.78, 5) is 22.8. The minimum absolute atomic E-state index is 0.333. The molecule has 1 aromatic carbocycles. The minimum Gasteiger partial charge on any atom is -0.490 e. The molecule has 1 atom stereocenters. The third kappa shape index (κ3) is 5.27. The summed E-state index contributed by atoms with van der Waals surface area (Å²) in [6.45, 7) is 6.35. The van der Waals surface area contributed by atoms with Gasteiger partial charge in [0.15, 0.2) is 11.5 Å². The zero-order valence-electron chi connectivity index (χ0n) is 13.2. The number of carbonyl (C=O) groups is 2. The summed E-state index contributed by atoms with van der Waals surface area (Å²) >= 11 is 0. The van der Waals surface area contributed by atoms with Gasteiger partial charge in [0.2, 0.25) is 0 Å². The predicted octanol–water partition coefficient (Wildman–Crippen LogP) is 2.47. The van der Waals surface area contributed by atoms with Crippen molar-refractivity contribution in [3.63, 3.8) is 0 Å². The monoisotopic (exact) mass is 309 g/mol. The highest BCUT2D eigenvalue weighted by Gasteiger charge is 2.17. The zero-order valence-corrected chi connectivity index (χ0v) is 13.2. The van der Waals surface area contributed by atoms with Gasteiger partial charge in [-0.3, -0.25) is 9.59 Å². The first-order valence-corrected chi connectivity index (χ1v) is 7.42. The van der Waals surface area contributed by atoms with Crippen molar-refractivity contribution in [3.8, 4) is 11.5 Å². The number of hydrogen-bond donors (Lipinski definition) is 2. The normalized spacial score (nSPS) is 11.6. The van der Waals surface area contributed by atoms with Gasteiger partial charge >= 0.3 is 5.97 Å². The summed E-state index contributed by atoms with van der Waals surface area (Å²) in [6, 6.07) is 3.87. The van der Waals surface area contributed by atoms with Crippen LogP contribution in [-0.4, -0.2) is 36.2 Å². The molecule has 0 unspecified atom stereocenters. The fourth-order valence-electron chi connectivity index (χ4n) is 1.71. The number of carboxylic acids is 1. The Hall–Kier alpha value is -2.24. The number of ether oxygens (including phenoxy) is 2. The van der Waals surface area contributed by atoms with E-state index in [1.807, 2.05) is 6.92 Å². The maximum absolute atomic E-state index is 12.0. The molecule has 6 heteroatoms. The molecule has 0 radical (unpaired) electrons. The van der Waals surface area contributed by atoms with Crippen molar-refractivity contribution in [3.05, 3.63) is 23.8 Å². The summed E-state index contributed by atoms with van der Waals surface area (Å²) in [5, 5.41) is 11.2. The predicted molar refractivity (Wildman–Crippen MR) is 82.6 cm³/mol. The Labute approximate surface area is 130 Å². The lowest BCUT2D eigenvalue weighted by Crippen LogP contribution is -2.38. The Bertz CT molecular complexity index is 515. The van der Waals surface area contributed by atoms with E-state index in [9.17, 15) is 9.59 Å². The number of carbonyl (C=O) groups excluding carboxylic acids is 1. The standard InChI is InChI=1S/C16H23NO5/c1-4-6-9-22-13-8-7-12(10-14(13)21-5-2)15(18)17-11(3)16(19)20/h7-8,10-11H,4-6,9H2,1-3H3,(H,17,18)(H,19,20)/t11-/m1/s1. The second kappa shape index (κ2) is 8.92. The molecule has 22 heavy (non-hydrogen) atoms. The van der Waals surface area contributed by atoms with E-state index in [0.29, 0.717) is 30.3 Å². The summed E-state index contributed by atoms with van der Waals surface area (Å²) in [7, 11) is 0. The van der Waals surface area contributed by atoms with Gasteiger partial charge in [-0.15, -0.1) is 0 Å². The quantitative estimate of drug-likeness (QED) is 0.684. The third-order valence-electron chi connectivity index (χ3n) is 2.98. The Kier molecular flexibility index (Phi) is 7.22. The largest absolute Gasteiger partial charge is 0.490 e. The molecule has 0 aromatic heterocycles. The summed E-state index contributed by atoms with van der Waals surface area (Å²) in [5.41, 5.74) is 0.333. The molecule has 6 nitrogen and oxygen atoms in total. The van der Waals surface area contributed by atoms with Crippen LogP contribution in [0.1, 0.15) is 44.0 Å². The first kappa shape index (κ1) is 17.8. The number of carboxylic acid groups (broad SMARTS) is 1. The highest BCUT2D eigenvalue weighted by Crippen LogP contribution is 2.28. The van der Waals surface area contributed by atoms with Crippen LogP contribution in [0.2, 0.25) is 0 Å². The summed E-state index contributed by atoms with van der Waals surface area (Å²) in [6.07, 6.45) is 1.96. The topological polar surface area (TPSA) is 84.9 Å². The van der Waals surface area contributed by atoms with Gasteiger partial charge in [-0.2, -0.15) is 0 Å². The van der Waals surface area contributed by atoms with Crippen LogP contribution in [-0.2, 0) is 4.79 Å². The molecular weight excluding hydrogens is 286 g/mol. The van der Waals surface area contributed by atoms with Gasteiger partial charge in [0.05, 0.1) is 13.2 Å². The molecule has 0 heterocycles. The van der Waals surface area contributed by atoms with Crippen LogP contribution in [0.25, 0.3) is 0 Å². The molecule has 1 amide bonds. The third-order valence-corrected chi connectivity index (χ3v) is 2.98. The van der Waals surface area contributed by atoms with Gasteiger partial charge in [0.1, 0.15) is 6.04 Å². The molecule has 0 bridgehead atoms. The number of hydrogen-bond acceptors (Lipinski definition) is 4. The molecule has 1 aromatic rings. The van der Waals surface area contributed by atoms with Crippen LogP contribution in [0.15, 0.2) is 18.2 Å². The molecule has 0 fully saturated rings. The van der Waals surface area contributed by atoms with Crippen molar-refractivity contribution in [1.29, 1.82) is 0 Å². The molecule has 0 aliphatic rings. The van der Waals surface area contributed by atoms with E-state index < -0.39 is 17.9 Å². The lowest BCUT2D eigenvalue weighted by Gasteiger charge is -2.14. The van der Waals surface area contributed by atoms with Crippen LogP contribution in [0.3, 0.4) is 0 Å². The highest BCUT2D eigenvalue weighted by molar-refractivity contribution is 5.97. The fourth-order valence-corrected chi connectivity index (χ4v) is 1.71. The zero-order chi connectivity index (χ0) is 16.5. The van der Waals surface area contributed by atoms with Crippen molar-refractivity contribution >= 4 is 11.9 Å². The number of benzene rings is 1. The van der Waals surface area contributed by atoms with Crippen molar-refractivity contribution in [2.75, 3.05) is 13.2 Å². The van der Waals surface area contributed by atoms with Gasteiger partial charge in [0, 0.05) is 5.56 Å². The molecule has 2 N–H and O–H groups in total. The van der Waals surface area contributed by atoms with Gasteiger partial charge < -0.3 is 19.9 Å². The van der Waals surface area contributed by atoms with Crippen LogP contribution < -0.4 is 14.8 Å². The molecule has 0 aliphatic heterocycles. The highest BCUT2D eigenvalue weighted by atomic mass is 16.5. The number of rotatable bonds is 9. The average molecular weight is 309 g/mol. The second-order valence-electron chi connectivity index (χ2n) is 4.83. The van der Waals surface area contributed by atoms with Crippen molar-refractivity contribution in [1.82, 2.24) is 5.32 Å². The first-order valence-electron chi connectivity index (χ1n) is 7.42. The summed E-state index contributed by atoms with van der Waals surface area (Å²) in [5.74, 6) is -0.485. The average Bonchev–Trinajstić information content (AvgIpc) is 2.48. The molecule has 0 spiro atoms. The Balaban J connectivity index is 2.86. The van der Waals surface area contributed by atoms with Crippen LogP contribution in [0.4, 0.5) is 0 Å². The molecule has 1 rings (SSSR count). The van der Waals surface area contributed by atoms with E-state index in [2.05, 4.69) is 12.2 Å². The van der Waals surface area contributed by atoms with Crippen LogP contribution in [0.5, 0.6) is 11.5 Å². The van der Waals surface area contributed by atoms with E-state index in [-0.39, 0.29) is 0 Å². The molecule has 122 valence electrons. The maximum atomic E-state index is 12.0. The number of amides is 1. The van der Waals surface area contributed by atoms with Gasteiger partial charge in [-0.25, -0.2) is 0 Å². The molecule has 0 aliphatic carbocycles. The smallest absolute Gasteiger partial charge is 0.325 e. The Morgan fingerprint density at radius 2 is 1.95 bits per heavy atom. The summed E-state index contributed by atoms with van der Waals surface area (Å²) < 4.78 is 11.1. The first-order chi connectivity index (χ1) is 10.5. The molecular formula is C16H23NO5. The van der Waals surface area contributed by atoms with Gasteiger partial charge in [-0.1, -0.05) is 13.3 Å². The maximum Gasteiger partial charge on any atom is 0.325 e. The van der Waals surface area contributed by atoms with Crippen molar-refractivity contribution < 1.29 is 24.2 Å². The lowest BCUT2D eigenvalue weighted by molar-refractivity contribution is -0.138. The van der Waals surface area contributed by atoms with E-state index in [4.69, 9.17) is 14.6 Å². The number of nitrogens with one attached hydrogen (secondary N) is 1. The van der Waals surface area contributed by atoms with E-state index in [0.717, 1.165) is 12.8 Å². The Morgan fingerprint density at radius 1 is 1.23 bits per heavy atom. The fraction of sp³-hybridized carbons (Fsp3) is 0.500. The number of unbranched alkanes of at least 4 members (excludes halogenated alkanes) is 1. The van der Waals surface area contributed by atoms with E-state index in [1.54, 1.807) is 18.2 Å². The van der Waals surface area contributed by atoms with Crippen LogP contribution >= 0.6 is 0 Å². The number of aliphatic carboxylic acids is 1. The van der Waals surface area contributed by atoms with Gasteiger partial charge in [-0.05, 0) is 38.5 Å². The molecule has 0 saturated heterocycles.